The molecule has 1 saturated carbocycles. The third kappa shape index (κ3) is 5.46. The molecule has 2 aromatic carbocycles. The first-order valence-electron chi connectivity index (χ1n) is 14.2. The molecule has 0 radical (unpaired) electrons. The summed E-state index contributed by atoms with van der Waals surface area (Å²) < 4.78 is 12.7. The van der Waals surface area contributed by atoms with Crippen LogP contribution in [-0.2, 0) is 6.54 Å². The molecule has 6 rings (SSSR count). The smallest absolute Gasteiger partial charge is 0.253 e. The standard InChI is InChI=1S/C30H37N7O3/c1-39-24-11-8-21(9-12-24)20-35-14-16-36(17-15-35)28(29-32-33-34-37(29)23-6-4-3-5-7-23)26-18-22-10-13-25(40-2)19-27(22)31-30(26)38/h8-13,18-19,23,28H,3-7,14-17,20H2,1-2H3,(H,31,38)/t28-/m0/s1. The number of ether oxygens (including phenoxy) is 2. The van der Waals surface area contributed by atoms with E-state index in [1.54, 1.807) is 14.2 Å². The number of piperazine rings is 1. The van der Waals surface area contributed by atoms with Gasteiger partial charge in [0.2, 0.25) is 0 Å². The molecular formula is C30H37N7O3. The van der Waals surface area contributed by atoms with Crippen LogP contribution in [-0.4, -0.2) is 75.4 Å². The quantitative estimate of drug-likeness (QED) is 0.357. The van der Waals surface area contributed by atoms with E-state index in [1.165, 1.54) is 24.8 Å². The van der Waals surface area contributed by atoms with E-state index in [4.69, 9.17) is 9.47 Å². The van der Waals surface area contributed by atoms with E-state index in [0.717, 1.165) is 68.0 Å². The molecule has 1 saturated heterocycles. The maximum absolute atomic E-state index is 13.6. The summed E-state index contributed by atoms with van der Waals surface area (Å²) in [6.45, 7) is 4.25. The summed E-state index contributed by atoms with van der Waals surface area (Å²) in [5.41, 5.74) is 2.56. The fraction of sp³-hybridized carbons (Fsp3) is 0.467. The summed E-state index contributed by atoms with van der Waals surface area (Å²) in [6.07, 6.45) is 5.73. The van der Waals surface area contributed by atoms with Crippen molar-refractivity contribution >= 4 is 10.9 Å². The van der Waals surface area contributed by atoms with Crippen LogP contribution in [0.25, 0.3) is 10.9 Å². The van der Waals surface area contributed by atoms with Gasteiger partial charge in [0.1, 0.15) is 17.5 Å². The molecule has 2 aromatic heterocycles. The van der Waals surface area contributed by atoms with Crippen molar-refractivity contribution < 1.29 is 9.47 Å². The highest BCUT2D eigenvalue weighted by atomic mass is 16.5. The predicted molar refractivity (Wildman–Crippen MR) is 153 cm³/mol. The van der Waals surface area contributed by atoms with Crippen LogP contribution < -0.4 is 15.0 Å². The summed E-state index contributed by atoms with van der Waals surface area (Å²) in [6, 6.07) is 16.0. The lowest BCUT2D eigenvalue weighted by Crippen LogP contribution is -2.48. The molecule has 2 aliphatic rings. The van der Waals surface area contributed by atoms with E-state index in [0.29, 0.717) is 11.3 Å². The molecule has 10 heteroatoms. The Labute approximate surface area is 233 Å². The van der Waals surface area contributed by atoms with Crippen LogP contribution in [0.15, 0.2) is 53.3 Å². The van der Waals surface area contributed by atoms with E-state index in [2.05, 4.69) is 42.4 Å². The number of aromatic amines is 1. The molecule has 1 aliphatic carbocycles. The number of nitrogens with one attached hydrogen (secondary N) is 1. The third-order valence-electron chi connectivity index (χ3n) is 8.40. The van der Waals surface area contributed by atoms with Gasteiger partial charge < -0.3 is 14.5 Å². The Morgan fingerprint density at radius 3 is 2.38 bits per heavy atom. The molecule has 210 valence electrons. The van der Waals surface area contributed by atoms with Crippen LogP contribution in [0, 0.1) is 0 Å². The van der Waals surface area contributed by atoms with Gasteiger partial charge in [0, 0.05) is 44.4 Å². The maximum Gasteiger partial charge on any atom is 0.253 e. The Morgan fingerprint density at radius 1 is 0.925 bits per heavy atom. The number of H-pyrrole nitrogens is 1. The van der Waals surface area contributed by atoms with Gasteiger partial charge >= 0.3 is 0 Å². The van der Waals surface area contributed by atoms with Gasteiger partial charge in [-0.1, -0.05) is 31.4 Å². The number of pyridine rings is 1. The highest BCUT2D eigenvalue weighted by Gasteiger charge is 2.34. The lowest BCUT2D eigenvalue weighted by molar-refractivity contribution is 0.0982. The number of benzene rings is 2. The predicted octanol–water partition coefficient (Wildman–Crippen LogP) is 3.94. The lowest BCUT2D eigenvalue weighted by atomic mass is 9.95. The third-order valence-corrected chi connectivity index (χ3v) is 8.40. The van der Waals surface area contributed by atoms with E-state index in [9.17, 15) is 4.79 Å². The Morgan fingerprint density at radius 2 is 1.65 bits per heavy atom. The Kier molecular flexibility index (Phi) is 7.79. The number of tetrazole rings is 1. The van der Waals surface area contributed by atoms with Crippen LogP contribution >= 0.6 is 0 Å². The van der Waals surface area contributed by atoms with Crippen molar-refractivity contribution in [3.05, 3.63) is 75.8 Å². The van der Waals surface area contributed by atoms with Gasteiger partial charge in [-0.15, -0.1) is 5.10 Å². The molecule has 1 N–H and O–H groups in total. The highest BCUT2D eigenvalue weighted by molar-refractivity contribution is 5.80. The van der Waals surface area contributed by atoms with E-state index in [-0.39, 0.29) is 17.6 Å². The molecule has 2 fully saturated rings. The van der Waals surface area contributed by atoms with Gasteiger partial charge in [0.05, 0.1) is 25.8 Å². The fourth-order valence-corrected chi connectivity index (χ4v) is 6.16. The number of aromatic nitrogens is 5. The summed E-state index contributed by atoms with van der Waals surface area (Å²) in [7, 11) is 3.32. The Hall–Kier alpha value is -3.76. The molecule has 1 aliphatic heterocycles. The highest BCUT2D eigenvalue weighted by Crippen LogP contribution is 2.34. The van der Waals surface area contributed by atoms with Crippen molar-refractivity contribution in [2.45, 2.75) is 50.7 Å². The van der Waals surface area contributed by atoms with Gasteiger partial charge in [0.15, 0.2) is 5.82 Å². The minimum absolute atomic E-state index is 0.121. The number of fused-ring (bicyclic) bond motifs is 1. The lowest BCUT2D eigenvalue weighted by Gasteiger charge is -2.39. The molecule has 1 atom stereocenters. The maximum atomic E-state index is 13.6. The number of hydrogen-bond acceptors (Lipinski definition) is 8. The van der Waals surface area contributed by atoms with Crippen LogP contribution in [0.5, 0.6) is 11.5 Å². The monoisotopic (exact) mass is 543 g/mol. The zero-order chi connectivity index (χ0) is 27.5. The summed E-state index contributed by atoms with van der Waals surface area (Å²) >= 11 is 0. The molecule has 4 aromatic rings. The average molecular weight is 544 g/mol. The second kappa shape index (κ2) is 11.8. The average Bonchev–Trinajstić information content (AvgIpc) is 3.48. The van der Waals surface area contributed by atoms with Crippen molar-refractivity contribution in [1.29, 1.82) is 0 Å². The first kappa shape index (κ1) is 26.5. The number of methoxy groups -OCH3 is 2. The number of hydrogen-bond donors (Lipinski definition) is 1. The molecule has 3 heterocycles. The first-order chi connectivity index (χ1) is 19.6. The van der Waals surface area contributed by atoms with E-state index in [1.807, 2.05) is 41.1 Å². The van der Waals surface area contributed by atoms with Crippen LogP contribution in [0.3, 0.4) is 0 Å². The Bertz CT molecular complexity index is 1490. The molecule has 0 unspecified atom stereocenters. The Balaban J connectivity index is 1.31. The van der Waals surface area contributed by atoms with Crippen LogP contribution in [0.4, 0.5) is 0 Å². The van der Waals surface area contributed by atoms with Crippen molar-refractivity contribution in [1.82, 2.24) is 35.0 Å². The molecule has 0 amide bonds. The second-order valence-electron chi connectivity index (χ2n) is 10.8. The summed E-state index contributed by atoms with van der Waals surface area (Å²) in [5.74, 6) is 2.33. The van der Waals surface area contributed by atoms with Crippen molar-refractivity contribution in [3.63, 3.8) is 0 Å². The molecular weight excluding hydrogens is 506 g/mol. The molecule has 0 bridgehead atoms. The topological polar surface area (TPSA) is 101 Å². The van der Waals surface area contributed by atoms with Crippen molar-refractivity contribution in [2.75, 3.05) is 40.4 Å². The van der Waals surface area contributed by atoms with Gasteiger partial charge in [-0.2, -0.15) is 0 Å². The number of nitrogens with zero attached hydrogens (tertiary/aromatic N) is 6. The van der Waals surface area contributed by atoms with Crippen molar-refractivity contribution in [2.24, 2.45) is 0 Å². The minimum Gasteiger partial charge on any atom is -0.497 e. The SMILES string of the molecule is COc1ccc(CN2CCN([C@@H](c3cc4ccc(OC)cc4[nH]c3=O)c3nnnn3C3CCCCC3)CC2)cc1. The van der Waals surface area contributed by atoms with E-state index < -0.39 is 0 Å². The van der Waals surface area contributed by atoms with Gasteiger partial charge in [-0.25, -0.2) is 4.68 Å². The largest absolute Gasteiger partial charge is 0.497 e. The number of rotatable bonds is 8. The van der Waals surface area contributed by atoms with Crippen molar-refractivity contribution in [3.8, 4) is 11.5 Å². The van der Waals surface area contributed by atoms with Crippen LogP contribution in [0.1, 0.15) is 61.1 Å². The normalized spacial score (nSPS) is 18.1. The molecule has 10 nitrogen and oxygen atoms in total. The van der Waals surface area contributed by atoms with Gasteiger partial charge in [-0.05, 0) is 64.5 Å². The molecule has 0 spiro atoms. The van der Waals surface area contributed by atoms with E-state index >= 15 is 0 Å². The van der Waals surface area contributed by atoms with Gasteiger partial charge in [-0.3, -0.25) is 14.6 Å². The summed E-state index contributed by atoms with van der Waals surface area (Å²) in [4.78, 5) is 21.6. The van der Waals surface area contributed by atoms with Crippen LogP contribution in [0.2, 0.25) is 0 Å². The molecule has 40 heavy (non-hydrogen) atoms. The minimum atomic E-state index is -0.338. The zero-order valence-corrected chi connectivity index (χ0v) is 23.3. The van der Waals surface area contributed by atoms with Gasteiger partial charge in [0.25, 0.3) is 5.56 Å². The zero-order valence-electron chi connectivity index (χ0n) is 23.3. The second-order valence-corrected chi connectivity index (χ2v) is 10.8. The fourth-order valence-electron chi connectivity index (χ4n) is 6.16. The first-order valence-corrected chi connectivity index (χ1v) is 14.2. The summed E-state index contributed by atoms with van der Waals surface area (Å²) in [5, 5.41) is 14.1.